The van der Waals surface area contributed by atoms with Crippen LogP contribution in [0.1, 0.15) is 41.0 Å². The van der Waals surface area contributed by atoms with Crippen LogP contribution in [0, 0.1) is 11.8 Å². The molecular weight excluding hydrogens is 200 g/mol. The summed E-state index contributed by atoms with van der Waals surface area (Å²) >= 11 is 0. The Bertz CT molecular complexity index is 169. The maximum atomic E-state index is 9.13. The van der Waals surface area contributed by atoms with E-state index < -0.39 is 5.54 Å². The zero-order chi connectivity index (χ0) is 12.8. The summed E-state index contributed by atoms with van der Waals surface area (Å²) in [5.74, 6) is 1.36. The van der Waals surface area contributed by atoms with Crippen molar-refractivity contribution >= 4 is 0 Å². The third-order valence-corrected chi connectivity index (χ3v) is 2.61. The zero-order valence-electron chi connectivity index (χ0n) is 11.7. The van der Waals surface area contributed by atoms with Crippen LogP contribution in [0.5, 0.6) is 0 Å². The van der Waals surface area contributed by atoms with E-state index in [0.29, 0.717) is 11.8 Å². The molecule has 0 saturated carbocycles. The molecular formula is C13H30N2O. The van der Waals surface area contributed by atoms with Gasteiger partial charge in [-0.15, -0.1) is 0 Å². The number of nitrogens with two attached hydrogens (primary N) is 1. The van der Waals surface area contributed by atoms with Crippen molar-refractivity contribution < 1.29 is 5.11 Å². The molecule has 0 aliphatic rings. The summed E-state index contributed by atoms with van der Waals surface area (Å²) < 4.78 is 0. The van der Waals surface area contributed by atoms with Crippen molar-refractivity contribution in [3.63, 3.8) is 0 Å². The van der Waals surface area contributed by atoms with Gasteiger partial charge in [0.15, 0.2) is 0 Å². The lowest BCUT2D eigenvalue weighted by Crippen LogP contribution is -2.44. The molecule has 0 rings (SSSR count). The van der Waals surface area contributed by atoms with E-state index in [1.54, 1.807) is 0 Å². The average molecular weight is 230 g/mol. The van der Waals surface area contributed by atoms with Gasteiger partial charge in [0, 0.05) is 18.6 Å². The van der Waals surface area contributed by atoms with Gasteiger partial charge in [-0.05, 0) is 31.7 Å². The highest BCUT2D eigenvalue weighted by molar-refractivity contribution is 4.79. The van der Waals surface area contributed by atoms with Crippen molar-refractivity contribution in [3.8, 4) is 0 Å². The van der Waals surface area contributed by atoms with Crippen LogP contribution in [0.3, 0.4) is 0 Å². The first-order valence-corrected chi connectivity index (χ1v) is 6.39. The maximum Gasteiger partial charge on any atom is 0.0608 e. The van der Waals surface area contributed by atoms with Gasteiger partial charge in [0.1, 0.15) is 0 Å². The van der Waals surface area contributed by atoms with E-state index >= 15 is 0 Å². The molecule has 98 valence electrons. The Morgan fingerprint density at radius 2 is 1.56 bits per heavy atom. The average Bonchev–Trinajstić information content (AvgIpc) is 2.13. The molecule has 0 aromatic rings. The SMILES string of the molecule is CC(C)CN(CCC(C)(N)CO)CC(C)C. The highest BCUT2D eigenvalue weighted by atomic mass is 16.3. The van der Waals surface area contributed by atoms with Gasteiger partial charge < -0.3 is 15.7 Å². The lowest BCUT2D eigenvalue weighted by atomic mass is 10.00. The summed E-state index contributed by atoms with van der Waals surface area (Å²) in [4.78, 5) is 2.45. The van der Waals surface area contributed by atoms with Gasteiger partial charge in [0.2, 0.25) is 0 Å². The van der Waals surface area contributed by atoms with Crippen LogP contribution in [-0.2, 0) is 0 Å². The molecule has 0 radical (unpaired) electrons. The summed E-state index contributed by atoms with van der Waals surface area (Å²) in [6.07, 6.45) is 0.850. The molecule has 1 unspecified atom stereocenters. The second-order valence-corrected chi connectivity index (χ2v) is 6.11. The molecule has 0 fully saturated rings. The van der Waals surface area contributed by atoms with E-state index in [0.717, 1.165) is 26.1 Å². The molecule has 0 saturated heterocycles. The van der Waals surface area contributed by atoms with Gasteiger partial charge in [0.25, 0.3) is 0 Å². The van der Waals surface area contributed by atoms with Crippen molar-refractivity contribution in [1.82, 2.24) is 4.90 Å². The van der Waals surface area contributed by atoms with E-state index in [1.807, 2.05) is 6.92 Å². The first-order valence-electron chi connectivity index (χ1n) is 6.39. The number of aliphatic hydroxyl groups is 1. The Balaban J connectivity index is 4.10. The molecule has 0 heterocycles. The fourth-order valence-electron chi connectivity index (χ4n) is 1.78. The molecule has 1 atom stereocenters. The predicted octanol–water partition coefficient (Wildman–Crippen LogP) is 1.70. The maximum absolute atomic E-state index is 9.13. The van der Waals surface area contributed by atoms with Crippen LogP contribution in [0.2, 0.25) is 0 Å². The monoisotopic (exact) mass is 230 g/mol. The van der Waals surface area contributed by atoms with E-state index in [9.17, 15) is 0 Å². The standard InChI is InChI=1S/C13H30N2O/c1-11(2)8-15(9-12(3)4)7-6-13(5,14)10-16/h11-12,16H,6-10,14H2,1-5H3. The highest BCUT2D eigenvalue weighted by Crippen LogP contribution is 2.09. The fourth-order valence-corrected chi connectivity index (χ4v) is 1.78. The highest BCUT2D eigenvalue weighted by Gasteiger charge is 2.19. The molecule has 0 bridgehead atoms. The van der Waals surface area contributed by atoms with Gasteiger partial charge in [-0.25, -0.2) is 0 Å². The molecule has 3 N–H and O–H groups in total. The van der Waals surface area contributed by atoms with Gasteiger partial charge in [-0.3, -0.25) is 0 Å². The number of hydrogen-bond acceptors (Lipinski definition) is 3. The molecule has 16 heavy (non-hydrogen) atoms. The molecule has 0 spiro atoms. The zero-order valence-corrected chi connectivity index (χ0v) is 11.7. The molecule has 0 aromatic carbocycles. The number of rotatable bonds is 8. The third-order valence-electron chi connectivity index (χ3n) is 2.61. The minimum atomic E-state index is -0.438. The summed E-state index contributed by atoms with van der Waals surface area (Å²) in [6, 6.07) is 0. The molecule has 0 aliphatic carbocycles. The van der Waals surface area contributed by atoms with Crippen molar-refractivity contribution in [2.24, 2.45) is 17.6 Å². The number of aliphatic hydroxyl groups excluding tert-OH is 1. The second-order valence-electron chi connectivity index (χ2n) is 6.11. The Hall–Kier alpha value is -0.120. The van der Waals surface area contributed by atoms with Gasteiger partial charge in [-0.1, -0.05) is 27.7 Å². The first kappa shape index (κ1) is 15.9. The minimum absolute atomic E-state index is 0.0597. The molecule has 3 nitrogen and oxygen atoms in total. The predicted molar refractivity (Wildman–Crippen MR) is 70.4 cm³/mol. The second kappa shape index (κ2) is 7.25. The molecule has 0 aliphatic heterocycles. The molecule has 0 amide bonds. The van der Waals surface area contributed by atoms with Gasteiger partial charge >= 0.3 is 0 Å². The van der Waals surface area contributed by atoms with Crippen molar-refractivity contribution in [3.05, 3.63) is 0 Å². The number of hydrogen-bond donors (Lipinski definition) is 2. The van der Waals surface area contributed by atoms with E-state index in [2.05, 4.69) is 32.6 Å². The van der Waals surface area contributed by atoms with Crippen molar-refractivity contribution in [2.75, 3.05) is 26.2 Å². The quantitative estimate of drug-likeness (QED) is 0.667. The smallest absolute Gasteiger partial charge is 0.0608 e. The largest absolute Gasteiger partial charge is 0.394 e. The number of nitrogens with zero attached hydrogens (tertiary/aromatic N) is 1. The summed E-state index contributed by atoms with van der Waals surface area (Å²) in [5, 5.41) is 9.13. The van der Waals surface area contributed by atoms with Crippen LogP contribution in [-0.4, -0.2) is 41.8 Å². The topological polar surface area (TPSA) is 49.5 Å². The van der Waals surface area contributed by atoms with Crippen LogP contribution >= 0.6 is 0 Å². The van der Waals surface area contributed by atoms with Crippen molar-refractivity contribution in [1.29, 1.82) is 0 Å². The van der Waals surface area contributed by atoms with E-state index in [-0.39, 0.29) is 6.61 Å². The van der Waals surface area contributed by atoms with Gasteiger partial charge in [0.05, 0.1) is 6.61 Å². The lowest BCUT2D eigenvalue weighted by molar-refractivity contribution is 0.160. The Labute approximate surface area is 101 Å². The Morgan fingerprint density at radius 1 is 1.12 bits per heavy atom. The Morgan fingerprint density at radius 3 is 1.88 bits per heavy atom. The third kappa shape index (κ3) is 8.08. The van der Waals surface area contributed by atoms with Crippen LogP contribution in [0.4, 0.5) is 0 Å². The molecule has 0 aromatic heterocycles. The van der Waals surface area contributed by atoms with Gasteiger partial charge in [-0.2, -0.15) is 0 Å². The molecule has 3 heteroatoms. The van der Waals surface area contributed by atoms with Crippen LogP contribution in [0.25, 0.3) is 0 Å². The van der Waals surface area contributed by atoms with E-state index in [1.165, 1.54) is 0 Å². The fraction of sp³-hybridized carbons (Fsp3) is 1.00. The first-order chi connectivity index (χ1) is 7.26. The van der Waals surface area contributed by atoms with Crippen LogP contribution < -0.4 is 5.73 Å². The lowest BCUT2D eigenvalue weighted by Gasteiger charge is -2.30. The minimum Gasteiger partial charge on any atom is -0.394 e. The summed E-state index contributed by atoms with van der Waals surface area (Å²) in [5.41, 5.74) is 5.51. The van der Waals surface area contributed by atoms with E-state index in [4.69, 9.17) is 10.8 Å². The summed E-state index contributed by atoms with van der Waals surface area (Å²) in [6.45, 7) is 14.1. The van der Waals surface area contributed by atoms with Crippen molar-refractivity contribution in [2.45, 2.75) is 46.6 Å². The normalized spacial score (nSPS) is 16.1. The summed E-state index contributed by atoms with van der Waals surface area (Å²) in [7, 11) is 0. The Kier molecular flexibility index (Phi) is 7.20. The van der Waals surface area contributed by atoms with Crippen LogP contribution in [0.15, 0.2) is 0 Å².